The highest BCUT2D eigenvalue weighted by molar-refractivity contribution is 7.10. The van der Waals surface area contributed by atoms with Crippen LogP contribution in [0.1, 0.15) is 50.1 Å². The van der Waals surface area contributed by atoms with E-state index in [1.165, 1.54) is 18.4 Å². The summed E-state index contributed by atoms with van der Waals surface area (Å²) in [6.07, 6.45) is 2.61. The lowest BCUT2D eigenvalue weighted by atomic mass is 9.85. The molecular formula is C13H21NS. The van der Waals surface area contributed by atoms with E-state index in [0.717, 1.165) is 6.54 Å². The average Bonchev–Trinajstić information content (AvgIpc) is 2.65. The highest BCUT2D eigenvalue weighted by Gasteiger charge is 2.33. The van der Waals surface area contributed by atoms with Gasteiger partial charge in [0.15, 0.2) is 0 Å². The Balaban J connectivity index is 2.20. The highest BCUT2D eigenvalue weighted by Crippen LogP contribution is 2.43. The lowest BCUT2D eigenvalue weighted by Crippen LogP contribution is -2.23. The lowest BCUT2D eigenvalue weighted by Gasteiger charge is -2.20. The van der Waals surface area contributed by atoms with Crippen LogP contribution in [0, 0.1) is 0 Å². The SMILES string of the molecule is CC(C)NCc1csc2c1C(C)(C)CC2. The smallest absolute Gasteiger partial charge is 0.0219 e. The highest BCUT2D eigenvalue weighted by atomic mass is 32.1. The van der Waals surface area contributed by atoms with Crippen LogP contribution in [0.4, 0.5) is 0 Å². The first-order valence-corrected chi connectivity index (χ1v) is 6.72. The van der Waals surface area contributed by atoms with Gasteiger partial charge in [-0.1, -0.05) is 27.7 Å². The van der Waals surface area contributed by atoms with Crippen LogP contribution in [0.25, 0.3) is 0 Å². The van der Waals surface area contributed by atoms with E-state index in [-0.39, 0.29) is 0 Å². The zero-order valence-corrected chi connectivity index (χ0v) is 11.0. The van der Waals surface area contributed by atoms with Crippen molar-refractivity contribution in [3.05, 3.63) is 21.4 Å². The fourth-order valence-corrected chi connectivity index (χ4v) is 3.66. The van der Waals surface area contributed by atoms with Crippen molar-refractivity contribution in [3.8, 4) is 0 Å². The minimum absolute atomic E-state index is 0.406. The summed E-state index contributed by atoms with van der Waals surface area (Å²) in [6.45, 7) is 10.2. The molecule has 1 aromatic rings. The molecule has 0 unspecified atom stereocenters. The molecule has 0 aliphatic heterocycles. The number of aryl methyl sites for hydroxylation is 1. The Morgan fingerprint density at radius 1 is 1.47 bits per heavy atom. The predicted molar refractivity (Wildman–Crippen MR) is 67.6 cm³/mol. The maximum absolute atomic E-state index is 3.52. The van der Waals surface area contributed by atoms with Crippen LogP contribution in [0.5, 0.6) is 0 Å². The Morgan fingerprint density at radius 3 is 2.87 bits per heavy atom. The van der Waals surface area contributed by atoms with Crippen molar-refractivity contribution >= 4 is 11.3 Å². The van der Waals surface area contributed by atoms with E-state index in [0.29, 0.717) is 11.5 Å². The van der Waals surface area contributed by atoms with Crippen LogP contribution >= 0.6 is 11.3 Å². The molecule has 2 rings (SSSR count). The number of rotatable bonds is 3. The summed E-state index contributed by atoms with van der Waals surface area (Å²) < 4.78 is 0. The van der Waals surface area contributed by atoms with Crippen LogP contribution in [-0.2, 0) is 18.4 Å². The van der Waals surface area contributed by atoms with Crippen molar-refractivity contribution in [1.29, 1.82) is 0 Å². The van der Waals surface area contributed by atoms with E-state index in [2.05, 4.69) is 38.4 Å². The van der Waals surface area contributed by atoms with Crippen molar-refractivity contribution < 1.29 is 0 Å². The zero-order chi connectivity index (χ0) is 11.1. The normalized spacial score (nSPS) is 18.5. The summed E-state index contributed by atoms with van der Waals surface area (Å²) in [6, 6.07) is 0.574. The fraction of sp³-hybridized carbons (Fsp3) is 0.692. The molecule has 1 nitrogen and oxygen atoms in total. The molecule has 0 saturated heterocycles. The van der Waals surface area contributed by atoms with Gasteiger partial charge < -0.3 is 5.32 Å². The van der Waals surface area contributed by atoms with Crippen LogP contribution in [0.15, 0.2) is 5.38 Å². The molecule has 0 saturated carbocycles. The van der Waals surface area contributed by atoms with E-state index in [9.17, 15) is 0 Å². The number of hydrogen-bond donors (Lipinski definition) is 1. The maximum Gasteiger partial charge on any atom is 0.0219 e. The molecule has 1 aliphatic carbocycles. The molecule has 1 aliphatic rings. The topological polar surface area (TPSA) is 12.0 Å². The first kappa shape index (κ1) is 11.2. The van der Waals surface area contributed by atoms with Gasteiger partial charge in [-0.05, 0) is 34.8 Å². The number of hydrogen-bond acceptors (Lipinski definition) is 2. The van der Waals surface area contributed by atoms with Gasteiger partial charge in [0.05, 0.1) is 0 Å². The Hall–Kier alpha value is -0.340. The Labute approximate surface area is 96.9 Å². The second-order valence-corrected chi connectivity index (χ2v) is 6.44. The molecule has 0 fully saturated rings. The summed E-state index contributed by atoms with van der Waals surface area (Å²) in [5.74, 6) is 0. The minimum Gasteiger partial charge on any atom is -0.310 e. The fourth-order valence-electron chi connectivity index (χ4n) is 2.43. The molecule has 1 aromatic heterocycles. The first-order chi connectivity index (χ1) is 7.00. The van der Waals surface area contributed by atoms with E-state index in [1.807, 2.05) is 11.3 Å². The summed E-state index contributed by atoms with van der Waals surface area (Å²) in [4.78, 5) is 1.63. The third-order valence-electron chi connectivity index (χ3n) is 3.30. The number of nitrogens with one attached hydrogen (secondary N) is 1. The van der Waals surface area contributed by atoms with Gasteiger partial charge in [-0.3, -0.25) is 0 Å². The molecule has 0 spiro atoms. The van der Waals surface area contributed by atoms with Gasteiger partial charge in [0.1, 0.15) is 0 Å². The molecule has 0 atom stereocenters. The Bertz CT molecular complexity index is 349. The van der Waals surface area contributed by atoms with E-state index < -0.39 is 0 Å². The van der Waals surface area contributed by atoms with Crippen LogP contribution in [0.2, 0.25) is 0 Å². The van der Waals surface area contributed by atoms with Gasteiger partial charge in [0.2, 0.25) is 0 Å². The first-order valence-electron chi connectivity index (χ1n) is 5.84. The largest absolute Gasteiger partial charge is 0.310 e. The van der Waals surface area contributed by atoms with Crippen molar-refractivity contribution in [2.45, 2.75) is 58.5 Å². The second kappa shape index (κ2) is 3.91. The van der Waals surface area contributed by atoms with Crippen molar-refractivity contribution in [2.24, 2.45) is 0 Å². The summed E-state index contributed by atoms with van der Waals surface area (Å²) in [5.41, 5.74) is 3.58. The van der Waals surface area contributed by atoms with Gasteiger partial charge in [-0.15, -0.1) is 11.3 Å². The standard InChI is InChI=1S/C13H21NS/c1-9(2)14-7-10-8-15-11-5-6-13(3,4)12(10)11/h8-9,14H,5-7H2,1-4H3. The summed E-state index contributed by atoms with van der Waals surface area (Å²) >= 11 is 1.95. The maximum atomic E-state index is 3.52. The molecule has 1 heterocycles. The van der Waals surface area contributed by atoms with E-state index >= 15 is 0 Å². The number of fused-ring (bicyclic) bond motifs is 1. The van der Waals surface area contributed by atoms with E-state index in [4.69, 9.17) is 0 Å². The third-order valence-corrected chi connectivity index (χ3v) is 4.39. The molecule has 0 aromatic carbocycles. The quantitative estimate of drug-likeness (QED) is 0.827. The predicted octanol–water partition coefficient (Wildman–Crippen LogP) is 3.47. The van der Waals surface area contributed by atoms with Crippen molar-refractivity contribution in [1.82, 2.24) is 5.32 Å². The third kappa shape index (κ3) is 2.11. The van der Waals surface area contributed by atoms with Gasteiger partial charge in [0, 0.05) is 17.5 Å². The van der Waals surface area contributed by atoms with Gasteiger partial charge >= 0.3 is 0 Å². The molecule has 84 valence electrons. The molecule has 1 N–H and O–H groups in total. The zero-order valence-electron chi connectivity index (χ0n) is 10.2. The molecule has 0 bridgehead atoms. The molecular weight excluding hydrogens is 202 g/mol. The summed E-state index contributed by atoms with van der Waals surface area (Å²) in [7, 11) is 0. The van der Waals surface area contributed by atoms with Crippen LogP contribution < -0.4 is 5.32 Å². The van der Waals surface area contributed by atoms with Crippen molar-refractivity contribution in [2.75, 3.05) is 0 Å². The summed E-state index contributed by atoms with van der Waals surface area (Å²) in [5, 5.41) is 5.87. The molecule has 15 heavy (non-hydrogen) atoms. The molecule has 2 heteroatoms. The Morgan fingerprint density at radius 2 is 2.20 bits per heavy atom. The average molecular weight is 223 g/mol. The molecule has 0 amide bonds. The van der Waals surface area contributed by atoms with Gasteiger partial charge in [-0.2, -0.15) is 0 Å². The minimum atomic E-state index is 0.406. The van der Waals surface area contributed by atoms with Crippen LogP contribution in [-0.4, -0.2) is 6.04 Å². The number of thiophene rings is 1. The van der Waals surface area contributed by atoms with E-state index in [1.54, 1.807) is 10.4 Å². The van der Waals surface area contributed by atoms with Crippen LogP contribution in [0.3, 0.4) is 0 Å². The monoisotopic (exact) mass is 223 g/mol. The molecule has 0 radical (unpaired) electrons. The van der Waals surface area contributed by atoms with Gasteiger partial charge in [-0.25, -0.2) is 0 Å². The van der Waals surface area contributed by atoms with Gasteiger partial charge in [0.25, 0.3) is 0 Å². The second-order valence-electron chi connectivity index (χ2n) is 5.48. The lowest BCUT2D eigenvalue weighted by molar-refractivity contribution is 0.510. The van der Waals surface area contributed by atoms with Crippen molar-refractivity contribution in [3.63, 3.8) is 0 Å². The Kier molecular flexibility index (Phi) is 2.91.